The van der Waals surface area contributed by atoms with Crippen molar-refractivity contribution >= 4 is 16.9 Å². The van der Waals surface area contributed by atoms with E-state index in [1.54, 1.807) is 0 Å². The normalized spacial score (nSPS) is 17.2. The summed E-state index contributed by atoms with van der Waals surface area (Å²) in [7, 11) is 0. The number of fused-ring (bicyclic) bond motifs is 1. The third-order valence-electron chi connectivity index (χ3n) is 5.39. The Labute approximate surface area is 174 Å². The molecule has 6 nitrogen and oxygen atoms in total. The molecule has 1 atom stereocenters. The summed E-state index contributed by atoms with van der Waals surface area (Å²) in [6.07, 6.45) is 6.21. The number of nitrogens with one attached hydrogen (secondary N) is 3. The van der Waals surface area contributed by atoms with Crippen LogP contribution >= 0.6 is 0 Å². The Morgan fingerprint density at radius 3 is 3.00 bits per heavy atom. The van der Waals surface area contributed by atoms with Crippen LogP contribution in [0.4, 0.5) is 0 Å². The molecule has 1 aliphatic heterocycles. The van der Waals surface area contributed by atoms with E-state index in [0.29, 0.717) is 5.92 Å². The highest BCUT2D eigenvalue weighted by Gasteiger charge is 2.15. The Morgan fingerprint density at radius 1 is 1.28 bits per heavy atom. The summed E-state index contributed by atoms with van der Waals surface area (Å²) in [5.41, 5.74) is 4.00. The van der Waals surface area contributed by atoms with Crippen molar-refractivity contribution in [2.45, 2.75) is 39.5 Å². The fourth-order valence-electron chi connectivity index (χ4n) is 3.76. The molecule has 0 radical (unpaired) electrons. The van der Waals surface area contributed by atoms with Gasteiger partial charge in [-0.05, 0) is 43.7 Å². The number of para-hydroxylation sites is 1. The molecule has 1 aliphatic rings. The lowest BCUT2D eigenvalue weighted by atomic mass is 10.1. The molecule has 0 saturated carbocycles. The highest BCUT2D eigenvalue weighted by Crippen LogP contribution is 2.22. The Morgan fingerprint density at radius 2 is 2.21 bits per heavy atom. The molecular formula is C23H36N4O2. The van der Waals surface area contributed by atoms with Crippen LogP contribution in [0.1, 0.15) is 37.8 Å². The third kappa shape index (κ3) is 6.47. The predicted octanol–water partition coefficient (Wildman–Crippen LogP) is 3.27. The zero-order valence-corrected chi connectivity index (χ0v) is 17.9. The molecule has 0 spiro atoms. The molecule has 0 aliphatic carbocycles. The SMILES string of the molecule is CCNC(=NCCCOCC1CCOC1)NCCc1c[nH]c2c(CC)cccc12. The van der Waals surface area contributed by atoms with Crippen molar-refractivity contribution in [3.05, 3.63) is 35.5 Å². The average Bonchev–Trinajstić information content (AvgIpc) is 3.40. The van der Waals surface area contributed by atoms with E-state index in [0.717, 1.165) is 77.7 Å². The molecule has 1 fully saturated rings. The number of benzene rings is 1. The number of aromatic amines is 1. The lowest BCUT2D eigenvalue weighted by Gasteiger charge is -2.11. The van der Waals surface area contributed by atoms with Crippen molar-refractivity contribution in [3.8, 4) is 0 Å². The monoisotopic (exact) mass is 400 g/mol. The van der Waals surface area contributed by atoms with Crippen LogP contribution in [0.2, 0.25) is 0 Å². The van der Waals surface area contributed by atoms with Crippen LogP contribution in [-0.4, -0.2) is 57.0 Å². The topological polar surface area (TPSA) is 70.7 Å². The van der Waals surface area contributed by atoms with Gasteiger partial charge in [0.15, 0.2) is 5.96 Å². The second-order valence-corrected chi connectivity index (χ2v) is 7.60. The van der Waals surface area contributed by atoms with Gasteiger partial charge in [0, 0.05) is 55.9 Å². The van der Waals surface area contributed by atoms with Crippen molar-refractivity contribution < 1.29 is 9.47 Å². The molecular weight excluding hydrogens is 364 g/mol. The highest BCUT2D eigenvalue weighted by molar-refractivity contribution is 5.86. The summed E-state index contributed by atoms with van der Waals surface area (Å²) in [5, 5.41) is 8.11. The average molecular weight is 401 g/mol. The van der Waals surface area contributed by atoms with Crippen LogP contribution in [0.15, 0.2) is 29.4 Å². The Kier molecular flexibility index (Phi) is 8.83. The smallest absolute Gasteiger partial charge is 0.191 e. The van der Waals surface area contributed by atoms with Gasteiger partial charge in [0.1, 0.15) is 0 Å². The van der Waals surface area contributed by atoms with Gasteiger partial charge in [-0.15, -0.1) is 0 Å². The van der Waals surface area contributed by atoms with Gasteiger partial charge < -0.3 is 25.1 Å². The van der Waals surface area contributed by atoms with Crippen LogP contribution < -0.4 is 10.6 Å². The van der Waals surface area contributed by atoms with E-state index >= 15 is 0 Å². The second-order valence-electron chi connectivity index (χ2n) is 7.60. The van der Waals surface area contributed by atoms with E-state index in [1.807, 2.05) is 0 Å². The van der Waals surface area contributed by atoms with E-state index < -0.39 is 0 Å². The number of hydrogen-bond acceptors (Lipinski definition) is 3. The lowest BCUT2D eigenvalue weighted by molar-refractivity contribution is 0.0893. The molecule has 2 aromatic rings. The van der Waals surface area contributed by atoms with Gasteiger partial charge in [0.2, 0.25) is 0 Å². The molecule has 0 bridgehead atoms. The minimum Gasteiger partial charge on any atom is -0.381 e. The van der Waals surface area contributed by atoms with Gasteiger partial charge in [-0.2, -0.15) is 0 Å². The molecule has 1 unspecified atom stereocenters. The number of aromatic nitrogens is 1. The van der Waals surface area contributed by atoms with E-state index in [9.17, 15) is 0 Å². The maximum Gasteiger partial charge on any atom is 0.191 e. The van der Waals surface area contributed by atoms with Gasteiger partial charge in [0.25, 0.3) is 0 Å². The van der Waals surface area contributed by atoms with E-state index in [4.69, 9.17) is 9.47 Å². The molecule has 1 aromatic carbocycles. The summed E-state index contributed by atoms with van der Waals surface area (Å²) in [4.78, 5) is 8.12. The first-order chi connectivity index (χ1) is 14.3. The van der Waals surface area contributed by atoms with Crippen LogP contribution in [0.25, 0.3) is 10.9 Å². The predicted molar refractivity (Wildman–Crippen MR) is 120 cm³/mol. The second kappa shape index (κ2) is 11.8. The van der Waals surface area contributed by atoms with Gasteiger partial charge in [0.05, 0.1) is 13.2 Å². The van der Waals surface area contributed by atoms with Gasteiger partial charge >= 0.3 is 0 Å². The molecule has 1 aromatic heterocycles. The number of H-pyrrole nitrogens is 1. The number of aryl methyl sites for hydroxylation is 1. The van der Waals surface area contributed by atoms with Crippen molar-refractivity contribution in [3.63, 3.8) is 0 Å². The van der Waals surface area contributed by atoms with E-state index in [-0.39, 0.29) is 0 Å². The summed E-state index contributed by atoms with van der Waals surface area (Å²) < 4.78 is 11.1. The fraction of sp³-hybridized carbons (Fsp3) is 0.609. The van der Waals surface area contributed by atoms with Crippen molar-refractivity contribution in [1.82, 2.24) is 15.6 Å². The molecule has 160 valence electrons. The molecule has 6 heteroatoms. The van der Waals surface area contributed by atoms with Crippen LogP contribution in [0.5, 0.6) is 0 Å². The summed E-state index contributed by atoms with van der Waals surface area (Å²) in [6, 6.07) is 6.55. The first-order valence-corrected chi connectivity index (χ1v) is 11.1. The summed E-state index contributed by atoms with van der Waals surface area (Å²) in [5.74, 6) is 1.46. The van der Waals surface area contributed by atoms with Crippen LogP contribution in [-0.2, 0) is 22.3 Å². The third-order valence-corrected chi connectivity index (χ3v) is 5.39. The first kappa shape index (κ1) is 21.7. The summed E-state index contributed by atoms with van der Waals surface area (Å²) in [6.45, 7) is 10.1. The number of aliphatic imine (C=N–C) groups is 1. The molecule has 1 saturated heterocycles. The fourth-order valence-corrected chi connectivity index (χ4v) is 3.76. The Balaban J connectivity index is 1.40. The largest absolute Gasteiger partial charge is 0.381 e. The maximum absolute atomic E-state index is 5.76. The number of rotatable bonds is 11. The van der Waals surface area contributed by atoms with E-state index in [1.165, 1.54) is 22.0 Å². The quantitative estimate of drug-likeness (QED) is 0.308. The zero-order valence-electron chi connectivity index (χ0n) is 17.9. The standard InChI is InChI=1S/C23H36N4O2/c1-3-19-7-5-8-21-20(15-27-22(19)21)9-12-26-23(24-4-2)25-11-6-13-28-16-18-10-14-29-17-18/h5,7-8,15,18,27H,3-4,6,9-14,16-17H2,1-2H3,(H2,24,25,26). The van der Waals surface area contributed by atoms with Gasteiger partial charge in [-0.1, -0.05) is 25.1 Å². The van der Waals surface area contributed by atoms with Crippen LogP contribution in [0.3, 0.4) is 0 Å². The number of guanidine groups is 1. The lowest BCUT2D eigenvalue weighted by Crippen LogP contribution is -2.38. The summed E-state index contributed by atoms with van der Waals surface area (Å²) >= 11 is 0. The van der Waals surface area contributed by atoms with Crippen LogP contribution in [0, 0.1) is 5.92 Å². The minimum absolute atomic E-state index is 0.579. The number of hydrogen-bond donors (Lipinski definition) is 3. The van der Waals surface area contributed by atoms with Gasteiger partial charge in [-0.25, -0.2) is 0 Å². The Hall–Kier alpha value is -2.05. The van der Waals surface area contributed by atoms with Crippen molar-refractivity contribution in [1.29, 1.82) is 0 Å². The number of ether oxygens (including phenoxy) is 2. The first-order valence-electron chi connectivity index (χ1n) is 11.1. The Bertz CT molecular complexity index is 765. The molecule has 29 heavy (non-hydrogen) atoms. The number of nitrogens with zero attached hydrogens (tertiary/aromatic N) is 1. The van der Waals surface area contributed by atoms with Crippen molar-refractivity contribution in [2.24, 2.45) is 10.9 Å². The highest BCUT2D eigenvalue weighted by atomic mass is 16.5. The van der Waals surface area contributed by atoms with Crippen molar-refractivity contribution in [2.75, 3.05) is 46.1 Å². The van der Waals surface area contributed by atoms with Gasteiger partial charge in [-0.3, -0.25) is 4.99 Å². The maximum atomic E-state index is 5.76. The molecule has 0 amide bonds. The minimum atomic E-state index is 0.579. The molecule has 3 N–H and O–H groups in total. The zero-order chi connectivity index (χ0) is 20.3. The molecule has 2 heterocycles. The van der Waals surface area contributed by atoms with E-state index in [2.05, 4.69) is 58.9 Å². The molecule has 3 rings (SSSR count).